The second kappa shape index (κ2) is 4.63. The van der Waals surface area contributed by atoms with Gasteiger partial charge in [-0.1, -0.05) is 11.6 Å². The number of hydrogen-bond acceptors (Lipinski definition) is 2. The maximum Gasteiger partial charge on any atom is 0.0656 e. The highest BCUT2D eigenvalue weighted by molar-refractivity contribution is 9.10. The normalized spacial score (nSPS) is 10.8. The van der Waals surface area contributed by atoms with E-state index in [1.165, 1.54) is 0 Å². The van der Waals surface area contributed by atoms with E-state index in [-0.39, 0.29) is 0 Å². The number of aliphatic imine (C=N–C) groups is 1. The van der Waals surface area contributed by atoms with Crippen LogP contribution in [-0.2, 0) is 0 Å². The molecule has 1 aromatic rings. The molecule has 0 saturated carbocycles. The van der Waals surface area contributed by atoms with Gasteiger partial charge in [0.25, 0.3) is 0 Å². The summed E-state index contributed by atoms with van der Waals surface area (Å²) in [5.74, 6) is 0. The molecule has 2 nitrogen and oxygen atoms in total. The molecular weight excluding hydrogens is 251 g/mol. The fraction of sp³-hybridized carbons (Fsp3) is 0.222. The smallest absolute Gasteiger partial charge is 0.0656 e. The first-order valence-corrected chi connectivity index (χ1v) is 4.95. The van der Waals surface area contributed by atoms with Gasteiger partial charge in [0.15, 0.2) is 0 Å². The molecule has 4 heteroatoms. The number of nitrogens with one attached hydrogen (secondary N) is 1. The van der Waals surface area contributed by atoms with Crippen molar-refractivity contribution in [2.45, 2.75) is 0 Å². The third-order valence-electron chi connectivity index (χ3n) is 1.66. The van der Waals surface area contributed by atoms with Gasteiger partial charge in [0.05, 0.1) is 5.02 Å². The van der Waals surface area contributed by atoms with Gasteiger partial charge in [-0.3, -0.25) is 4.99 Å². The molecule has 0 saturated heterocycles. The van der Waals surface area contributed by atoms with Crippen LogP contribution in [0.2, 0.25) is 5.02 Å². The average molecular weight is 262 g/mol. The van der Waals surface area contributed by atoms with E-state index in [4.69, 9.17) is 11.6 Å². The highest BCUT2D eigenvalue weighted by Crippen LogP contribution is 2.30. The molecule has 0 heterocycles. The van der Waals surface area contributed by atoms with Gasteiger partial charge in [-0.05, 0) is 28.1 Å². The van der Waals surface area contributed by atoms with Crippen molar-refractivity contribution in [3.63, 3.8) is 0 Å². The minimum Gasteiger partial charge on any atom is -0.388 e. The maximum atomic E-state index is 6.08. The third kappa shape index (κ3) is 2.23. The first-order chi connectivity index (χ1) is 6.20. The van der Waals surface area contributed by atoms with E-state index < -0.39 is 0 Å². The molecule has 0 fully saturated rings. The van der Waals surface area contributed by atoms with Crippen molar-refractivity contribution in [3.05, 3.63) is 27.2 Å². The molecule has 1 rings (SSSR count). The minimum absolute atomic E-state index is 0.678. The van der Waals surface area contributed by atoms with Crippen LogP contribution in [0.3, 0.4) is 0 Å². The molecule has 0 radical (unpaired) electrons. The summed E-state index contributed by atoms with van der Waals surface area (Å²) in [6.07, 6.45) is 1.74. The van der Waals surface area contributed by atoms with Gasteiger partial charge >= 0.3 is 0 Å². The first-order valence-electron chi connectivity index (χ1n) is 3.78. The zero-order valence-corrected chi connectivity index (χ0v) is 9.78. The molecule has 13 heavy (non-hydrogen) atoms. The summed E-state index contributed by atoms with van der Waals surface area (Å²) in [6, 6.07) is 3.86. The standard InChI is InChI=1S/C9H10BrClN2/c1-12-5-6-8(13-2)4-3-7(10)9(6)11/h3-5,13H,1-2H3. The van der Waals surface area contributed by atoms with Gasteiger partial charge in [-0.2, -0.15) is 0 Å². The number of nitrogens with zero attached hydrogens (tertiary/aromatic N) is 1. The molecule has 0 aliphatic heterocycles. The summed E-state index contributed by atoms with van der Waals surface area (Å²) < 4.78 is 0.878. The average Bonchev–Trinajstić information content (AvgIpc) is 2.14. The number of hydrogen-bond donors (Lipinski definition) is 1. The molecule has 0 atom stereocenters. The Morgan fingerprint density at radius 3 is 2.77 bits per heavy atom. The summed E-state index contributed by atoms with van der Waals surface area (Å²) in [5, 5.41) is 3.73. The Bertz CT molecular complexity index is 337. The lowest BCUT2D eigenvalue weighted by Gasteiger charge is -2.07. The highest BCUT2D eigenvalue weighted by atomic mass is 79.9. The minimum atomic E-state index is 0.678. The lowest BCUT2D eigenvalue weighted by Crippen LogP contribution is -1.95. The van der Waals surface area contributed by atoms with Crippen LogP contribution in [0.5, 0.6) is 0 Å². The van der Waals surface area contributed by atoms with E-state index in [1.807, 2.05) is 19.2 Å². The third-order valence-corrected chi connectivity index (χ3v) is 2.96. The first kappa shape index (κ1) is 10.5. The largest absolute Gasteiger partial charge is 0.388 e. The Morgan fingerprint density at radius 1 is 1.54 bits per heavy atom. The molecule has 1 aromatic carbocycles. The molecule has 0 unspecified atom stereocenters. The summed E-state index contributed by atoms with van der Waals surface area (Å²) in [4.78, 5) is 3.95. The summed E-state index contributed by atoms with van der Waals surface area (Å²) >= 11 is 9.44. The monoisotopic (exact) mass is 260 g/mol. The van der Waals surface area contributed by atoms with E-state index >= 15 is 0 Å². The zero-order valence-electron chi connectivity index (χ0n) is 7.44. The van der Waals surface area contributed by atoms with E-state index in [2.05, 4.69) is 26.2 Å². The molecule has 0 amide bonds. The Balaban J connectivity index is 3.32. The predicted molar refractivity (Wildman–Crippen MR) is 62.2 cm³/mol. The van der Waals surface area contributed by atoms with Crippen molar-refractivity contribution in [2.24, 2.45) is 4.99 Å². The van der Waals surface area contributed by atoms with Crippen molar-refractivity contribution in [1.29, 1.82) is 0 Å². The van der Waals surface area contributed by atoms with Crippen LogP contribution < -0.4 is 5.32 Å². The molecular formula is C9H10BrClN2. The van der Waals surface area contributed by atoms with Crippen LogP contribution in [0.1, 0.15) is 5.56 Å². The Kier molecular flexibility index (Phi) is 3.75. The van der Waals surface area contributed by atoms with Gasteiger partial charge in [0.2, 0.25) is 0 Å². The van der Waals surface area contributed by atoms with Crippen molar-refractivity contribution < 1.29 is 0 Å². The van der Waals surface area contributed by atoms with Crippen molar-refractivity contribution in [1.82, 2.24) is 0 Å². The van der Waals surface area contributed by atoms with Crippen molar-refractivity contribution in [2.75, 3.05) is 19.4 Å². The Morgan fingerprint density at radius 2 is 2.23 bits per heavy atom. The number of rotatable bonds is 2. The van der Waals surface area contributed by atoms with Gasteiger partial charge in [-0.15, -0.1) is 0 Å². The lowest BCUT2D eigenvalue weighted by molar-refractivity contribution is 1.44. The van der Waals surface area contributed by atoms with Gasteiger partial charge in [-0.25, -0.2) is 0 Å². The van der Waals surface area contributed by atoms with Gasteiger partial charge in [0, 0.05) is 36.0 Å². The summed E-state index contributed by atoms with van der Waals surface area (Å²) in [6.45, 7) is 0. The fourth-order valence-electron chi connectivity index (χ4n) is 1.04. The second-order valence-electron chi connectivity index (χ2n) is 2.46. The molecule has 1 N–H and O–H groups in total. The van der Waals surface area contributed by atoms with E-state index in [9.17, 15) is 0 Å². The van der Waals surface area contributed by atoms with Gasteiger partial charge < -0.3 is 5.32 Å². The van der Waals surface area contributed by atoms with Crippen LogP contribution in [0, 0.1) is 0 Å². The fourth-order valence-corrected chi connectivity index (χ4v) is 1.60. The van der Waals surface area contributed by atoms with Crippen molar-refractivity contribution in [3.8, 4) is 0 Å². The van der Waals surface area contributed by atoms with E-state index in [1.54, 1.807) is 13.3 Å². The van der Waals surface area contributed by atoms with Crippen LogP contribution in [0.15, 0.2) is 21.6 Å². The SMILES string of the molecule is CN=Cc1c(NC)ccc(Br)c1Cl. The molecule has 0 aromatic heterocycles. The molecule has 0 spiro atoms. The van der Waals surface area contributed by atoms with Crippen molar-refractivity contribution >= 4 is 39.4 Å². The van der Waals surface area contributed by atoms with Gasteiger partial charge in [0.1, 0.15) is 0 Å². The van der Waals surface area contributed by atoms with Crippen LogP contribution in [-0.4, -0.2) is 20.3 Å². The Hall–Kier alpha value is -0.540. The lowest BCUT2D eigenvalue weighted by atomic mass is 10.2. The quantitative estimate of drug-likeness (QED) is 0.813. The Labute approximate surface area is 91.1 Å². The molecule has 0 aliphatic rings. The summed E-state index contributed by atoms with van der Waals surface area (Å²) in [5.41, 5.74) is 1.87. The number of anilines is 1. The highest BCUT2D eigenvalue weighted by Gasteiger charge is 2.06. The molecule has 70 valence electrons. The molecule has 0 bridgehead atoms. The number of benzene rings is 1. The van der Waals surface area contributed by atoms with Crippen LogP contribution in [0.25, 0.3) is 0 Å². The van der Waals surface area contributed by atoms with Crippen LogP contribution >= 0.6 is 27.5 Å². The molecule has 0 aliphatic carbocycles. The zero-order chi connectivity index (χ0) is 9.84. The maximum absolute atomic E-state index is 6.08. The topological polar surface area (TPSA) is 24.4 Å². The second-order valence-corrected chi connectivity index (χ2v) is 3.69. The van der Waals surface area contributed by atoms with Crippen LogP contribution in [0.4, 0.5) is 5.69 Å². The predicted octanol–water partition coefficient (Wildman–Crippen LogP) is 3.19. The number of halogens is 2. The van der Waals surface area contributed by atoms with E-state index in [0.29, 0.717) is 5.02 Å². The van der Waals surface area contributed by atoms with E-state index in [0.717, 1.165) is 15.7 Å². The summed E-state index contributed by atoms with van der Waals surface area (Å²) in [7, 11) is 3.57.